The lowest BCUT2D eigenvalue weighted by atomic mass is 9.97. The third-order valence-electron chi connectivity index (χ3n) is 10.2. The summed E-state index contributed by atoms with van der Waals surface area (Å²) in [7, 11) is 0. The number of para-hydroxylation sites is 3. The Kier molecular flexibility index (Phi) is 7.81. The molecule has 0 N–H and O–H groups in total. The Morgan fingerprint density at radius 1 is 0.393 bits per heavy atom. The standard InChI is InChI=1S/C48H24N6O2/c49-25-29-19-30(26-50)22-34(21-29)37-12-6-14-39-40-15-7-13-38(35-23-31(27-51)20-32(24-35)28-52)46(40)53(45(37)39)43-18-8-16-41-44(43)48(56)54(47(41)55)42-17-5-4-11-36(42)33-9-2-1-3-10-33/h1-24H. The van der Waals surface area contributed by atoms with Gasteiger partial charge in [0.15, 0.2) is 0 Å². The number of hydrogen-bond acceptors (Lipinski definition) is 6. The summed E-state index contributed by atoms with van der Waals surface area (Å²) in [4.78, 5) is 30.7. The van der Waals surface area contributed by atoms with E-state index in [-0.39, 0.29) is 11.1 Å². The summed E-state index contributed by atoms with van der Waals surface area (Å²) in [6.07, 6.45) is 0. The molecule has 0 aliphatic carbocycles. The Morgan fingerprint density at radius 3 is 1.38 bits per heavy atom. The number of nitrogens with zero attached hydrogens (tertiary/aromatic N) is 6. The van der Waals surface area contributed by atoms with Gasteiger partial charge >= 0.3 is 0 Å². The molecule has 0 unspecified atom stereocenters. The molecule has 9 rings (SSSR count). The number of carbonyl (C=O) groups is 2. The van der Waals surface area contributed by atoms with E-state index < -0.39 is 11.8 Å². The summed E-state index contributed by atoms with van der Waals surface area (Å²) in [6, 6.07) is 52.3. The second-order valence-electron chi connectivity index (χ2n) is 13.3. The minimum Gasteiger partial charge on any atom is -0.307 e. The summed E-state index contributed by atoms with van der Waals surface area (Å²) in [6.45, 7) is 0. The van der Waals surface area contributed by atoms with Gasteiger partial charge in [0.2, 0.25) is 0 Å². The fourth-order valence-electron chi connectivity index (χ4n) is 7.85. The summed E-state index contributed by atoms with van der Waals surface area (Å²) in [5, 5.41) is 41.3. The van der Waals surface area contributed by atoms with Gasteiger partial charge in [-0.1, -0.05) is 91.0 Å². The molecule has 0 atom stereocenters. The largest absolute Gasteiger partial charge is 0.307 e. The first-order valence-corrected chi connectivity index (χ1v) is 17.6. The Hall–Kier alpha value is -8.56. The molecule has 0 fully saturated rings. The highest BCUT2D eigenvalue weighted by molar-refractivity contribution is 6.36. The van der Waals surface area contributed by atoms with Gasteiger partial charge in [0, 0.05) is 27.5 Å². The van der Waals surface area contributed by atoms with Crippen molar-refractivity contribution in [3.05, 3.63) is 179 Å². The maximum Gasteiger partial charge on any atom is 0.268 e. The molecule has 1 aliphatic heterocycles. The highest BCUT2D eigenvalue weighted by Crippen LogP contribution is 2.45. The Balaban J connectivity index is 1.39. The summed E-state index contributed by atoms with van der Waals surface area (Å²) in [5.74, 6) is -0.956. The smallest absolute Gasteiger partial charge is 0.268 e. The van der Waals surface area contributed by atoms with E-state index in [1.807, 2.05) is 89.5 Å². The average molecular weight is 717 g/mol. The average Bonchev–Trinajstić information content (AvgIpc) is 3.73. The molecule has 0 radical (unpaired) electrons. The van der Waals surface area contributed by atoms with E-state index in [0.717, 1.165) is 21.9 Å². The van der Waals surface area contributed by atoms with Crippen molar-refractivity contribution in [3.8, 4) is 63.3 Å². The molecule has 1 aromatic heterocycles. The highest BCUT2D eigenvalue weighted by Gasteiger charge is 2.40. The molecule has 8 aromatic rings. The fraction of sp³-hybridized carbons (Fsp3) is 0. The number of fused-ring (bicyclic) bond motifs is 4. The molecule has 56 heavy (non-hydrogen) atoms. The molecule has 1 aliphatic rings. The lowest BCUT2D eigenvalue weighted by Gasteiger charge is -2.19. The van der Waals surface area contributed by atoms with E-state index in [2.05, 4.69) is 24.3 Å². The van der Waals surface area contributed by atoms with E-state index in [1.165, 1.54) is 17.0 Å². The molecule has 8 nitrogen and oxygen atoms in total. The third-order valence-corrected chi connectivity index (χ3v) is 10.2. The second-order valence-corrected chi connectivity index (χ2v) is 13.3. The Morgan fingerprint density at radius 2 is 0.839 bits per heavy atom. The number of benzene rings is 7. The maximum atomic E-state index is 15.0. The Bertz CT molecular complexity index is 2990. The minimum absolute atomic E-state index is 0.204. The van der Waals surface area contributed by atoms with Crippen LogP contribution in [0.2, 0.25) is 0 Å². The van der Waals surface area contributed by atoms with Crippen LogP contribution in [-0.4, -0.2) is 16.4 Å². The third kappa shape index (κ3) is 5.12. The van der Waals surface area contributed by atoms with Gasteiger partial charge in [-0.05, 0) is 71.3 Å². The first kappa shape index (κ1) is 33.3. The van der Waals surface area contributed by atoms with Crippen LogP contribution in [0.15, 0.2) is 146 Å². The molecular formula is C48H24N6O2. The van der Waals surface area contributed by atoms with Gasteiger partial charge < -0.3 is 4.57 Å². The zero-order valence-electron chi connectivity index (χ0n) is 29.4. The van der Waals surface area contributed by atoms with E-state index in [0.29, 0.717) is 66.9 Å². The van der Waals surface area contributed by atoms with Gasteiger partial charge in [-0.15, -0.1) is 0 Å². The number of amides is 2. The number of anilines is 1. The fourth-order valence-corrected chi connectivity index (χ4v) is 7.85. The van der Waals surface area contributed by atoms with Crippen LogP contribution in [0, 0.1) is 45.3 Å². The van der Waals surface area contributed by atoms with Crippen LogP contribution >= 0.6 is 0 Å². The van der Waals surface area contributed by atoms with Gasteiger partial charge in [0.25, 0.3) is 11.8 Å². The molecule has 2 heterocycles. The maximum absolute atomic E-state index is 15.0. The van der Waals surface area contributed by atoms with Crippen LogP contribution in [0.5, 0.6) is 0 Å². The normalized spacial score (nSPS) is 11.9. The summed E-state index contributed by atoms with van der Waals surface area (Å²) < 4.78 is 1.96. The quantitative estimate of drug-likeness (QED) is 0.163. The van der Waals surface area contributed by atoms with E-state index in [9.17, 15) is 30.6 Å². The van der Waals surface area contributed by atoms with Crippen molar-refractivity contribution >= 4 is 39.3 Å². The summed E-state index contributed by atoms with van der Waals surface area (Å²) >= 11 is 0. The van der Waals surface area contributed by atoms with E-state index in [1.54, 1.807) is 48.5 Å². The molecule has 7 aromatic carbocycles. The topological polar surface area (TPSA) is 137 Å². The number of carbonyl (C=O) groups excluding carboxylic acids is 2. The van der Waals surface area contributed by atoms with Crippen molar-refractivity contribution in [1.82, 2.24) is 4.57 Å². The predicted octanol–water partition coefficient (Wildman–Crippen LogP) is 10.1. The van der Waals surface area contributed by atoms with Crippen molar-refractivity contribution < 1.29 is 9.59 Å². The minimum atomic E-state index is -0.495. The molecule has 8 heteroatoms. The van der Waals surface area contributed by atoms with Crippen LogP contribution in [0.25, 0.3) is 60.9 Å². The SMILES string of the molecule is N#Cc1cc(C#N)cc(-c2cccc3c4cccc(-c5cc(C#N)cc(C#N)c5)c4n(-c4cccc5c4C(=O)N(c4ccccc4-c4ccccc4)C5=O)c23)c1. The lowest BCUT2D eigenvalue weighted by molar-refractivity contribution is 0.0926. The van der Waals surface area contributed by atoms with Crippen LogP contribution in [0.1, 0.15) is 43.0 Å². The molecule has 0 spiro atoms. The zero-order chi connectivity index (χ0) is 38.5. The van der Waals surface area contributed by atoms with Crippen molar-refractivity contribution in [1.29, 1.82) is 21.0 Å². The number of rotatable bonds is 5. The van der Waals surface area contributed by atoms with Gasteiger partial charge in [0.1, 0.15) is 0 Å². The molecule has 0 bridgehead atoms. The van der Waals surface area contributed by atoms with Crippen molar-refractivity contribution in [2.24, 2.45) is 0 Å². The van der Waals surface area contributed by atoms with Gasteiger partial charge in [-0.25, -0.2) is 4.90 Å². The first-order valence-electron chi connectivity index (χ1n) is 17.6. The van der Waals surface area contributed by atoms with Gasteiger partial charge in [0.05, 0.1) is 80.1 Å². The Labute approximate surface area is 320 Å². The highest BCUT2D eigenvalue weighted by atomic mass is 16.2. The molecular weight excluding hydrogens is 693 g/mol. The van der Waals surface area contributed by atoms with Crippen molar-refractivity contribution in [2.75, 3.05) is 4.90 Å². The number of nitriles is 4. The zero-order valence-corrected chi connectivity index (χ0v) is 29.4. The van der Waals surface area contributed by atoms with Crippen molar-refractivity contribution in [3.63, 3.8) is 0 Å². The van der Waals surface area contributed by atoms with E-state index in [4.69, 9.17) is 0 Å². The van der Waals surface area contributed by atoms with Crippen LogP contribution in [0.4, 0.5) is 5.69 Å². The van der Waals surface area contributed by atoms with Crippen LogP contribution in [-0.2, 0) is 0 Å². The monoisotopic (exact) mass is 716 g/mol. The number of aromatic nitrogens is 1. The lowest BCUT2D eigenvalue weighted by Crippen LogP contribution is -2.30. The van der Waals surface area contributed by atoms with Gasteiger partial charge in [-0.3, -0.25) is 9.59 Å². The molecule has 0 saturated carbocycles. The summed E-state index contributed by atoms with van der Waals surface area (Å²) in [5.41, 5.74) is 8.08. The second kappa shape index (κ2) is 13.1. The molecule has 258 valence electrons. The van der Waals surface area contributed by atoms with Crippen LogP contribution < -0.4 is 4.90 Å². The van der Waals surface area contributed by atoms with Crippen molar-refractivity contribution in [2.45, 2.75) is 0 Å². The number of hydrogen-bond donors (Lipinski definition) is 0. The first-order chi connectivity index (χ1) is 27.4. The molecule has 2 amide bonds. The number of imide groups is 1. The molecule has 0 saturated heterocycles. The van der Waals surface area contributed by atoms with Crippen LogP contribution in [0.3, 0.4) is 0 Å². The predicted molar refractivity (Wildman–Crippen MR) is 214 cm³/mol. The van der Waals surface area contributed by atoms with E-state index >= 15 is 0 Å². The van der Waals surface area contributed by atoms with Gasteiger partial charge in [-0.2, -0.15) is 21.0 Å².